The van der Waals surface area contributed by atoms with Gasteiger partial charge in [-0.3, -0.25) is 0 Å². The normalized spacial score (nSPS) is 11.4. The molecule has 0 amide bonds. The maximum atomic E-state index is 2.26. The second-order valence-electron chi connectivity index (χ2n) is 7.53. The summed E-state index contributed by atoms with van der Waals surface area (Å²) < 4.78 is 1.46. The molecule has 0 aliphatic heterocycles. The van der Waals surface area contributed by atoms with Crippen molar-refractivity contribution in [1.82, 2.24) is 0 Å². The standard InChI is InChI=1S/C9H11.C9H13.C8H8.2ClH.Zr/c1-2-5-9-7-3-6-8(9)4-1;1-6-5-7(2)9(4)8(6)3;1-2-8-6-4-3-5-7-8;;;/h3,6-7H,1-2,4-5H2;5H,1-4H3;3-7H,1H3;2*1H;/q2*-1;;;;+2/p-2. The fourth-order valence-electron chi connectivity index (χ4n) is 3.43. The number of rotatable bonds is 1. The van der Waals surface area contributed by atoms with E-state index in [1.165, 1.54) is 80.9 Å². The van der Waals surface area contributed by atoms with Crippen molar-refractivity contribution in [3.05, 3.63) is 93.5 Å². The molecule has 3 aromatic carbocycles. The van der Waals surface area contributed by atoms with Crippen LogP contribution in [0.1, 0.15) is 58.7 Å². The Bertz CT molecular complexity index is 813. The van der Waals surface area contributed by atoms with Gasteiger partial charge in [-0.2, -0.15) is 51.6 Å². The van der Waals surface area contributed by atoms with Crippen molar-refractivity contribution in [1.29, 1.82) is 0 Å². The maximum absolute atomic E-state index is 2.26. The monoisotopic (exact) mass is 504 g/mol. The van der Waals surface area contributed by atoms with Gasteiger partial charge in [0.05, 0.1) is 0 Å². The summed E-state index contributed by atoms with van der Waals surface area (Å²) in [5.41, 5.74) is 10.3. The Morgan fingerprint density at radius 1 is 0.966 bits per heavy atom. The van der Waals surface area contributed by atoms with Gasteiger partial charge in [0, 0.05) is 0 Å². The van der Waals surface area contributed by atoms with Crippen LogP contribution in [-0.4, -0.2) is 3.21 Å². The van der Waals surface area contributed by atoms with Crippen molar-refractivity contribution in [3.63, 3.8) is 0 Å². The van der Waals surface area contributed by atoms with Crippen molar-refractivity contribution in [3.8, 4) is 0 Å². The summed E-state index contributed by atoms with van der Waals surface area (Å²) >= 11 is 1.51. The molecule has 0 saturated heterocycles. The zero-order chi connectivity index (χ0) is 19.8. The van der Waals surface area contributed by atoms with E-state index in [-0.39, 0.29) is 24.8 Å². The predicted octanol–water partition coefficient (Wildman–Crippen LogP) is 0.705. The quantitative estimate of drug-likeness (QED) is 0.427. The van der Waals surface area contributed by atoms with Crippen molar-refractivity contribution in [2.45, 2.75) is 60.3 Å². The topological polar surface area (TPSA) is 0 Å². The first-order valence-electron chi connectivity index (χ1n) is 9.94. The molecule has 0 aromatic heterocycles. The molecule has 3 aromatic rings. The molecule has 0 fully saturated rings. The van der Waals surface area contributed by atoms with Crippen LogP contribution in [0.15, 0.2) is 54.6 Å². The van der Waals surface area contributed by atoms with E-state index in [9.17, 15) is 0 Å². The van der Waals surface area contributed by atoms with E-state index in [2.05, 4.69) is 83.1 Å². The molecule has 156 valence electrons. The fourth-order valence-corrected chi connectivity index (χ4v) is 3.84. The first kappa shape index (κ1) is 28.3. The molecule has 1 aliphatic carbocycles. The minimum atomic E-state index is 0. The number of hydrogen-bond acceptors (Lipinski definition) is 0. The first-order chi connectivity index (χ1) is 12.9. The molecule has 0 saturated carbocycles. The Labute approximate surface area is 205 Å². The molecule has 0 unspecified atom stereocenters. The number of benzene rings is 1. The first-order valence-corrected chi connectivity index (χ1v) is 11.2. The van der Waals surface area contributed by atoms with Crippen LogP contribution >= 0.6 is 0 Å². The smallest absolute Gasteiger partial charge is 0.0512 e. The second kappa shape index (κ2) is 14.3. The van der Waals surface area contributed by atoms with Crippen LogP contribution in [0.5, 0.6) is 0 Å². The molecular formula is C26H32Cl2Zr-2. The van der Waals surface area contributed by atoms with Gasteiger partial charge in [0.25, 0.3) is 0 Å². The summed E-state index contributed by atoms with van der Waals surface area (Å²) in [6, 6.07) is 19.4. The van der Waals surface area contributed by atoms with Gasteiger partial charge in [-0.25, -0.2) is 6.07 Å². The summed E-state index contributed by atoms with van der Waals surface area (Å²) in [7, 11) is 0. The predicted molar refractivity (Wildman–Crippen MR) is 116 cm³/mol. The van der Waals surface area contributed by atoms with E-state index in [1.54, 1.807) is 11.1 Å². The van der Waals surface area contributed by atoms with E-state index in [0.717, 1.165) is 0 Å². The SMILES string of the molecule is C[C](=[Zr+2])c1ccccc1.Cc1c[c-](C)c(C)c1C.[Cl-].[Cl-].c1cc2c([cH-]1)CCCC2. The minimum absolute atomic E-state index is 0. The number of aryl methyl sites for hydroxylation is 4. The van der Waals surface area contributed by atoms with Crippen LogP contribution in [0.3, 0.4) is 0 Å². The third-order valence-corrected chi connectivity index (χ3v) is 6.24. The molecule has 4 rings (SSSR count). The van der Waals surface area contributed by atoms with E-state index >= 15 is 0 Å². The van der Waals surface area contributed by atoms with E-state index in [4.69, 9.17) is 0 Å². The summed E-state index contributed by atoms with van der Waals surface area (Å²) in [5.74, 6) is 0. The largest absolute Gasteiger partial charge is 1.00 e. The second-order valence-corrected chi connectivity index (χ2v) is 9.38. The Kier molecular flexibility index (Phi) is 13.9. The van der Waals surface area contributed by atoms with Gasteiger partial charge in [-0.05, 0) is 0 Å². The van der Waals surface area contributed by atoms with Gasteiger partial charge < -0.3 is 24.8 Å². The van der Waals surface area contributed by atoms with Crippen LogP contribution in [0.2, 0.25) is 0 Å². The van der Waals surface area contributed by atoms with Crippen molar-refractivity contribution in [2.75, 3.05) is 0 Å². The molecule has 29 heavy (non-hydrogen) atoms. The summed E-state index contributed by atoms with van der Waals surface area (Å²) in [5, 5.41) is 0. The van der Waals surface area contributed by atoms with Crippen molar-refractivity contribution in [2.24, 2.45) is 0 Å². The van der Waals surface area contributed by atoms with Gasteiger partial charge in [0.1, 0.15) is 0 Å². The van der Waals surface area contributed by atoms with Crippen molar-refractivity contribution < 1.29 is 49.0 Å². The average molecular weight is 507 g/mol. The summed E-state index contributed by atoms with van der Waals surface area (Å²) in [4.78, 5) is 0. The zero-order valence-electron chi connectivity index (χ0n) is 18.3. The molecule has 0 radical (unpaired) electrons. The molecule has 0 nitrogen and oxygen atoms in total. The van der Waals surface area contributed by atoms with Crippen LogP contribution < -0.4 is 24.8 Å². The van der Waals surface area contributed by atoms with Gasteiger partial charge in [0.2, 0.25) is 0 Å². The number of hydrogen-bond donors (Lipinski definition) is 0. The van der Waals surface area contributed by atoms with Crippen LogP contribution in [0.25, 0.3) is 0 Å². The summed E-state index contributed by atoms with van der Waals surface area (Å²) in [6.45, 7) is 10.8. The van der Waals surface area contributed by atoms with E-state index < -0.39 is 0 Å². The molecule has 0 heterocycles. The molecule has 0 bridgehead atoms. The Morgan fingerprint density at radius 3 is 2.00 bits per heavy atom. The fraction of sp³-hybridized carbons (Fsp3) is 0.346. The van der Waals surface area contributed by atoms with Gasteiger partial charge in [0.15, 0.2) is 0 Å². The average Bonchev–Trinajstić information content (AvgIpc) is 3.24. The minimum Gasteiger partial charge on any atom is -1.00 e. The molecule has 0 atom stereocenters. The Hall–Kier alpha value is -0.747. The van der Waals surface area contributed by atoms with E-state index in [0.29, 0.717) is 0 Å². The van der Waals surface area contributed by atoms with Gasteiger partial charge in [-0.1, -0.05) is 53.4 Å². The Balaban J connectivity index is 0.000000392. The van der Waals surface area contributed by atoms with Crippen LogP contribution in [-0.2, 0) is 37.1 Å². The molecule has 0 spiro atoms. The third-order valence-electron chi connectivity index (χ3n) is 5.53. The maximum Gasteiger partial charge on any atom is -0.0512 e. The number of halogens is 2. The third kappa shape index (κ3) is 8.87. The summed E-state index contributed by atoms with van der Waals surface area (Å²) in [6.07, 6.45) is 5.44. The van der Waals surface area contributed by atoms with Gasteiger partial charge in [-0.15, -0.1) is 0 Å². The zero-order valence-corrected chi connectivity index (χ0v) is 22.3. The number of fused-ring (bicyclic) bond motifs is 1. The molecule has 3 heteroatoms. The van der Waals surface area contributed by atoms with Crippen LogP contribution in [0.4, 0.5) is 0 Å². The Morgan fingerprint density at radius 2 is 1.59 bits per heavy atom. The van der Waals surface area contributed by atoms with E-state index in [1.807, 2.05) is 6.07 Å². The molecule has 0 N–H and O–H groups in total. The van der Waals surface area contributed by atoms with Crippen LogP contribution in [0, 0.1) is 27.7 Å². The molecule has 1 aliphatic rings. The van der Waals surface area contributed by atoms with Crippen molar-refractivity contribution >= 4 is 3.21 Å². The molecular weight excluding hydrogens is 474 g/mol. The van der Waals surface area contributed by atoms with Gasteiger partial charge >= 0.3 is 70.3 Å².